The molecule has 1 atom stereocenters. The summed E-state index contributed by atoms with van der Waals surface area (Å²) in [6.07, 6.45) is 0. The second kappa shape index (κ2) is 5.04. The quantitative estimate of drug-likeness (QED) is 0.806. The molecule has 1 unspecified atom stereocenters. The number of rotatable bonds is 2. The van der Waals surface area contributed by atoms with E-state index < -0.39 is 10.0 Å². The Morgan fingerprint density at radius 3 is 2.57 bits per heavy atom. The fourth-order valence-corrected chi connectivity index (χ4v) is 5.24. The molecule has 0 saturated carbocycles. The van der Waals surface area contributed by atoms with Gasteiger partial charge < -0.3 is 4.90 Å². The standard InChI is InChI=1S/C15H24N4O3S/c1-10(2)13-15(3,4)9-18(13)14(20)11-8-12-19(16-11)7-6-17(5)23(12,21)22/h8,10,13H,6-7,9H2,1-5H3. The van der Waals surface area contributed by atoms with Gasteiger partial charge in [-0.1, -0.05) is 27.7 Å². The normalized spacial score (nSPS) is 26.0. The molecular formula is C15H24N4O3S. The Hall–Kier alpha value is -1.41. The molecule has 0 aromatic carbocycles. The van der Waals surface area contributed by atoms with Crippen LogP contribution in [0.25, 0.3) is 0 Å². The number of sulfonamides is 1. The molecule has 1 amide bonds. The van der Waals surface area contributed by atoms with Crippen LogP contribution in [-0.4, -0.2) is 59.5 Å². The third-order valence-electron chi connectivity index (χ3n) is 4.87. The van der Waals surface area contributed by atoms with E-state index in [9.17, 15) is 13.2 Å². The molecule has 23 heavy (non-hydrogen) atoms. The molecule has 8 heteroatoms. The summed E-state index contributed by atoms with van der Waals surface area (Å²) in [6.45, 7) is 10.0. The first-order chi connectivity index (χ1) is 10.6. The van der Waals surface area contributed by atoms with E-state index in [1.807, 2.05) is 4.90 Å². The van der Waals surface area contributed by atoms with Crippen molar-refractivity contribution in [1.29, 1.82) is 0 Å². The molecule has 3 heterocycles. The molecule has 0 aliphatic carbocycles. The van der Waals surface area contributed by atoms with Crippen molar-refractivity contribution in [3.05, 3.63) is 11.8 Å². The number of hydrogen-bond acceptors (Lipinski definition) is 4. The third-order valence-corrected chi connectivity index (χ3v) is 6.73. The highest BCUT2D eigenvalue weighted by Crippen LogP contribution is 2.41. The number of aromatic nitrogens is 2. The van der Waals surface area contributed by atoms with E-state index in [1.54, 1.807) is 7.05 Å². The van der Waals surface area contributed by atoms with Gasteiger partial charge >= 0.3 is 0 Å². The van der Waals surface area contributed by atoms with Gasteiger partial charge in [-0.15, -0.1) is 0 Å². The molecule has 1 aromatic heterocycles. The third kappa shape index (κ3) is 2.39. The second-order valence-corrected chi connectivity index (χ2v) is 9.52. The van der Waals surface area contributed by atoms with Crippen molar-refractivity contribution in [1.82, 2.24) is 19.0 Å². The molecule has 1 aromatic rings. The number of amides is 1. The van der Waals surface area contributed by atoms with Crippen LogP contribution in [0.4, 0.5) is 0 Å². The van der Waals surface area contributed by atoms with Crippen molar-refractivity contribution in [3.63, 3.8) is 0 Å². The predicted octanol–water partition coefficient (Wildman–Crippen LogP) is 1.02. The first-order valence-electron chi connectivity index (χ1n) is 7.91. The highest BCUT2D eigenvalue weighted by atomic mass is 32.2. The maximum atomic E-state index is 12.8. The Morgan fingerprint density at radius 2 is 2.00 bits per heavy atom. The first-order valence-corrected chi connectivity index (χ1v) is 9.35. The van der Waals surface area contributed by atoms with Gasteiger partial charge in [-0.3, -0.25) is 9.48 Å². The Kier molecular flexibility index (Phi) is 3.61. The van der Waals surface area contributed by atoms with E-state index in [0.717, 1.165) is 0 Å². The van der Waals surface area contributed by atoms with Crippen LogP contribution in [0.3, 0.4) is 0 Å². The molecule has 0 spiro atoms. The summed E-state index contributed by atoms with van der Waals surface area (Å²) in [4.78, 5) is 14.6. The summed E-state index contributed by atoms with van der Waals surface area (Å²) >= 11 is 0. The molecule has 0 N–H and O–H groups in total. The Morgan fingerprint density at radius 1 is 1.35 bits per heavy atom. The van der Waals surface area contributed by atoms with Gasteiger partial charge in [-0.25, -0.2) is 8.42 Å². The zero-order valence-corrected chi connectivity index (χ0v) is 15.1. The lowest BCUT2D eigenvalue weighted by atomic mass is 9.70. The van der Waals surface area contributed by atoms with Crippen molar-refractivity contribution in [2.45, 2.75) is 45.3 Å². The first kappa shape index (κ1) is 16.4. The number of nitrogens with zero attached hydrogens (tertiary/aromatic N) is 4. The number of carbonyl (C=O) groups excluding carboxylic acids is 1. The maximum Gasteiger partial charge on any atom is 0.274 e. The van der Waals surface area contributed by atoms with Crippen LogP contribution >= 0.6 is 0 Å². The van der Waals surface area contributed by atoms with Crippen LogP contribution in [-0.2, 0) is 16.6 Å². The van der Waals surface area contributed by atoms with Gasteiger partial charge in [-0.05, 0) is 5.92 Å². The minimum absolute atomic E-state index is 0.0788. The van der Waals surface area contributed by atoms with E-state index in [4.69, 9.17) is 0 Å². The monoisotopic (exact) mass is 340 g/mol. The van der Waals surface area contributed by atoms with Crippen molar-refractivity contribution >= 4 is 15.9 Å². The fourth-order valence-electron chi connectivity index (χ4n) is 3.94. The lowest BCUT2D eigenvalue weighted by molar-refractivity contribution is -0.0522. The van der Waals surface area contributed by atoms with Gasteiger partial charge in [0.05, 0.1) is 6.54 Å². The fraction of sp³-hybridized carbons (Fsp3) is 0.733. The zero-order chi connectivity index (χ0) is 17.2. The molecule has 7 nitrogen and oxygen atoms in total. The average Bonchev–Trinajstić information content (AvgIpc) is 2.85. The maximum absolute atomic E-state index is 12.8. The van der Waals surface area contributed by atoms with Gasteiger partial charge in [0.15, 0.2) is 10.7 Å². The topological polar surface area (TPSA) is 75.5 Å². The summed E-state index contributed by atoms with van der Waals surface area (Å²) in [6, 6.07) is 1.56. The predicted molar refractivity (Wildman–Crippen MR) is 85.5 cm³/mol. The minimum Gasteiger partial charge on any atom is -0.333 e. The molecule has 3 rings (SSSR count). The van der Waals surface area contributed by atoms with Crippen LogP contribution in [0.2, 0.25) is 0 Å². The molecule has 1 saturated heterocycles. The van der Waals surface area contributed by atoms with Gasteiger partial charge in [0, 0.05) is 37.7 Å². The lowest BCUT2D eigenvalue weighted by Gasteiger charge is -2.56. The van der Waals surface area contributed by atoms with Gasteiger partial charge in [-0.2, -0.15) is 9.40 Å². The SMILES string of the molecule is CC(C)C1N(C(=O)c2cc3n(n2)CCN(C)S3(=O)=O)CC1(C)C. The Balaban J connectivity index is 1.91. The molecule has 0 bridgehead atoms. The van der Waals surface area contributed by atoms with Crippen LogP contribution in [0.15, 0.2) is 11.1 Å². The van der Waals surface area contributed by atoms with Crippen LogP contribution in [0.1, 0.15) is 38.2 Å². The van der Waals surface area contributed by atoms with Crippen molar-refractivity contribution in [3.8, 4) is 0 Å². The number of hydrogen-bond donors (Lipinski definition) is 0. The zero-order valence-electron chi connectivity index (χ0n) is 14.3. The largest absolute Gasteiger partial charge is 0.333 e. The van der Waals surface area contributed by atoms with E-state index in [-0.39, 0.29) is 28.1 Å². The van der Waals surface area contributed by atoms with Crippen molar-refractivity contribution < 1.29 is 13.2 Å². The molecular weight excluding hydrogens is 316 g/mol. The van der Waals surface area contributed by atoms with Gasteiger partial charge in [0.2, 0.25) is 0 Å². The van der Waals surface area contributed by atoms with Gasteiger partial charge in [0.1, 0.15) is 0 Å². The van der Waals surface area contributed by atoms with E-state index in [1.165, 1.54) is 15.1 Å². The second-order valence-electron chi connectivity index (χ2n) is 7.53. The minimum atomic E-state index is -3.54. The number of likely N-dealkylation sites (tertiary alicyclic amines) is 1. The summed E-state index contributed by atoms with van der Waals surface area (Å²) in [7, 11) is -2.00. The lowest BCUT2D eigenvalue weighted by Crippen LogP contribution is -2.65. The molecule has 0 radical (unpaired) electrons. The van der Waals surface area contributed by atoms with E-state index in [0.29, 0.717) is 25.6 Å². The molecule has 1 fully saturated rings. The average molecular weight is 340 g/mol. The van der Waals surface area contributed by atoms with Crippen molar-refractivity contribution in [2.75, 3.05) is 20.1 Å². The van der Waals surface area contributed by atoms with Crippen LogP contribution in [0.5, 0.6) is 0 Å². The highest BCUT2D eigenvalue weighted by molar-refractivity contribution is 7.89. The number of carbonyl (C=O) groups is 1. The summed E-state index contributed by atoms with van der Waals surface area (Å²) in [5.74, 6) is 0.164. The van der Waals surface area contributed by atoms with E-state index >= 15 is 0 Å². The molecule has 2 aliphatic rings. The summed E-state index contributed by atoms with van der Waals surface area (Å²) < 4.78 is 27.3. The van der Waals surface area contributed by atoms with Crippen LogP contribution in [0, 0.1) is 11.3 Å². The van der Waals surface area contributed by atoms with Crippen LogP contribution < -0.4 is 0 Å². The Labute approximate surface area is 137 Å². The highest BCUT2D eigenvalue weighted by Gasteiger charge is 2.50. The van der Waals surface area contributed by atoms with E-state index in [2.05, 4.69) is 32.8 Å². The Bertz CT molecular complexity index is 751. The molecule has 2 aliphatic heterocycles. The number of likely N-dealkylation sites (N-methyl/N-ethyl adjacent to an activating group) is 1. The summed E-state index contributed by atoms with van der Waals surface area (Å²) in [5, 5.41) is 4.35. The van der Waals surface area contributed by atoms with Gasteiger partial charge in [0.25, 0.3) is 15.9 Å². The smallest absolute Gasteiger partial charge is 0.274 e. The van der Waals surface area contributed by atoms with Crippen molar-refractivity contribution in [2.24, 2.45) is 11.3 Å². The molecule has 128 valence electrons. The number of fused-ring (bicyclic) bond motifs is 1. The summed E-state index contributed by atoms with van der Waals surface area (Å²) in [5.41, 5.74) is 0.301.